The molecule has 0 bridgehead atoms. The lowest BCUT2D eigenvalue weighted by atomic mass is 9.66. The minimum atomic E-state index is -0.912. The average Bonchev–Trinajstić information content (AvgIpc) is 3.70. The Kier molecular flexibility index (Phi) is 10.9. The Morgan fingerprint density at radius 3 is 0.955 bits per heavy atom. The van der Waals surface area contributed by atoms with Crippen molar-refractivity contribution in [1.29, 1.82) is 0 Å². The van der Waals surface area contributed by atoms with Crippen molar-refractivity contribution >= 4 is 34.1 Å². The van der Waals surface area contributed by atoms with Crippen molar-refractivity contribution in [2.24, 2.45) is 0 Å². The van der Waals surface area contributed by atoms with Crippen LogP contribution in [0.5, 0.6) is 11.5 Å². The Balaban J connectivity index is 1.33. The molecule has 1 aliphatic rings. The van der Waals surface area contributed by atoms with Crippen LogP contribution >= 0.6 is 0 Å². The molecule has 322 valence electrons. The second-order valence-electron chi connectivity index (χ2n) is 16.9. The number of methoxy groups -OCH3 is 2. The lowest BCUT2D eigenvalue weighted by Crippen LogP contribution is -2.30. The smallest absolute Gasteiger partial charge is 0.119 e. The highest BCUT2D eigenvalue weighted by atomic mass is 16.5. The van der Waals surface area contributed by atoms with Crippen LogP contribution < -0.4 is 19.3 Å². The maximum atomic E-state index is 6.15. The van der Waals surface area contributed by atoms with Crippen LogP contribution in [0.4, 0.5) is 34.1 Å². The van der Waals surface area contributed by atoms with Crippen molar-refractivity contribution in [3.8, 4) is 44.9 Å². The first-order valence-corrected chi connectivity index (χ1v) is 22.7. The molecule has 0 heterocycles. The lowest BCUT2D eigenvalue weighted by Gasteiger charge is -2.37. The van der Waals surface area contributed by atoms with E-state index in [2.05, 4.69) is 265 Å². The van der Waals surface area contributed by atoms with E-state index in [1.165, 1.54) is 0 Å². The van der Waals surface area contributed by atoms with E-state index in [1.54, 1.807) is 14.2 Å². The lowest BCUT2D eigenvalue weighted by molar-refractivity contribution is 0.413. The van der Waals surface area contributed by atoms with Gasteiger partial charge in [0.1, 0.15) is 11.5 Å². The molecule has 10 aromatic carbocycles. The summed E-state index contributed by atoms with van der Waals surface area (Å²) in [5, 5.41) is 0. The third kappa shape index (κ3) is 7.49. The fraction of sp³-hybridized carbons (Fsp3) is 0.0476. The van der Waals surface area contributed by atoms with Gasteiger partial charge >= 0.3 is 0 Å². The Morgan fingerprint density at radius 1 is 0.284 bits per heavy atom. The Labute approximate surface area is 393 Å². The molecule has 0 saturated heterocycles. The minimum absolute atomic E-state index is 0.784. The number of para-hydroxylation sites is 4. The zero-order valence-corrected chi connectivity index (χ0v) is 37.5. The molecule has 0 radical (unpaired) electrons. The molecule has 11 rings (SSSR count). The monoisotopic (exact) mass is 864 g/mol. The maximum Gasteiger partial charge on any atom is 0.119 e. The Morgan fingerprint density at radius 2 is 0.612 bits per heavy atom. The van der Waals surface area contributed by atoms with Crippen LogP contribution in [0.2, 0.25) is 0 Å². The second-order valence-corrected chi connectivity index (χ2v) is 16.9. The summed E-state index contributed by atoms with van der Waals surface area (Å²) in [6, 6.07) is 91.6. The largest absolute Gasteiger partial charge is 0.497 e. The molecule has 0 unspecified atom stereocenters. The summed E-state index contributed by atoms with van der Waals surface area (Å²) in [5.41, 5.74) is 16.5. The molecule has 0 saturated carbocycles. The SMILES string of the molecule is COc1ccc2c(c1)C(c1cc(-c3ccccc3)cc(-c3ccccc3)c1)(c1cc(N(c3ccccc3)c3ccccc3)cc(N(c3ccccc3)c3ccccc3)c1)c1cc(OC)ccc1-2. The van der Waals surface area contributed by atoms with E-state index >= 15 is 0 Å². The molecule has 0 aromatic heterocycles. The Hall–Kier alpha value is -8.60. The molecular formula is C63H48N2O2. The number of hydrogen-bond donors (Lipinski definition) is 0. The molecule has 0 amide bonds. The molecular weight excluding hydrogens is 817 g/mol. The van der Waals surface area contributed by atoms with Crippen LogP contribution in [0.1, 0.15) is 22.3 Å². The molecule has 10 aromatic rings. The molecule has 0 atom stereocenters. The predicted molar refractivity (Wildman–Crippen MR) is 277 cm³/mol. The third-order valence-corrected chi connectivity index (χ3v) is 13.0. The molecule has 67 heavy (non-hydrogen) atoms. The normalized spacial score (nSPS) is 12.1. The quantitative estimate of drug-likeness (QED) is 0.122. The third-order valence-electron chi connectivity index (χ3n) is 13.0. The number of benzene rings is 10. The van der Waals surface area contributed by atoms with Crippen LogP contribution in [0.25, 0.3) is 33.4 Å². The van der Waals surface area contributed by atoms with Crippen molar-refractivity contribution in [1.82, 2.24) is 0 Å². The van der Waals surface area contributed by atoms with Crippen molar-refractivity contribution in [3.05, 3.63) is 277 Å². The van der Waals surface area contributed by atoms with Crippen molar-refractivity contribution in [3.63, 3.8) is 0 Å². The summed E-state index contributed by atoms with van der Waals surface area (Å²) in [4.78, 5) is 4.75. The van der Waals surface area contributed by atoms with Gasteiger partial charge in [0.05, 0.1) is 19.6 Å². The van der Waals surface area contributed by atoms with Crippen molar-refractivity contribution in [2.45, 2.75) is 5.41 Å². The van der Waals surface area contributed by atoms with Gasteiger partial charge in [0.2, 0.25) is 0 Å². The summed E-state index contributed by atoms with van der Waals surface area (Å²) in [6.07, 6.45) is 0. The standard InChI is InChI=1S/C63H48N2O2/c1-66-57-33-35-59-60-36-34-58(67-2)44-62(60)63(61(59)43-57,49-38-47(45-21-9-3-10-22-45)37-48(39-49)46-23-11-4-12-24-46)50-40-55(64(51-25-13-5-14-26-51)52-27-15-6-16-28-52)42-56(41-50)65(53-29-17-7-18-30-53)54-31-19-8-20-32-54/h3-44H,1-2H3. The van der Waals surface area contributed by atoms with E-state index in [-0.39, 0.29) is 0 Å². The molecule has 0 fully saturated rings. The van der Waals surface area contributed by atoms with Gasteiger partial charge in [-0.1, -0.05) is 146 Å². The van der Waals surface area contributed by atoms with E-state index in [0.29, 0.717) is 0 Å². The highest BCUT2D eigenvalue weighted by Crippen LogP contribution is 2.60. The maximum absolute atomic E-state index is 6.15. The van der Waals surface area contributed by atoms with Gasteiger partial charge in [0, 0.05) is 34.1 Å². The summed E-state index contributed by atoms with van der Waals surface area (Å²) in [5.74, 6) is 1.57. The van der Waals surface area contributed by atoms with Gasteiger partial charge in [-0.25, -0.2) is 0 Å². The summed E-state index contributed by atoms with van der Waals surface area (Å²) in [7, 11) is 3.51. The van der Waals surface area contributed by atoms with Gasteiger partial charge in [-0.05, 0) is 165 Å². The molecule has 0 N–H and O–H groups in total. The van der Waals surface area contributed by atoms with Crippen LogP contribution in [0.15, 0.2) is 255 Å². The zero-order valence-electron chi connectivity index (χ0n) is 37.5. The van der Waals surface area contributed by atoms with Gasteiger partial charge in [0.25, 0.3) is 0 Å². The van der Waals surface area contributed by atoms with Gasteiger partial charge in [-0.3, -0.25) is 0 Å². The van der Waals surface area contributed by atoms with E-state index in [1.807, 2.05) is 0 Å². The topological polar surface area (TPSA) is 24.9 Å². The first kappa shape index (κ1) is 41.1. The highest BCUT2D eigenvalue weighted by Gasteiger charge is 2.48. The van der Waals surface area contributed by atoms with Crippen LogP contribution in [0.3, 0.4) is 0 Å². The number of rotatable bonds is 12. The number of ether oxygens (including phenoxy) is 2. The van der Waals surface area contributed by atoms with E-state index in [4.69, 9.17) is 9.47 Å². The van der Waals surface area contributed by atoms with Crippen LogP contribution in [0, 0.1) is 0 Å². The number of nitrogens with zero attached hydrogens (tertiary/aromatic N) is 2. The van der Waals surface area contributed by atoms with Gasteiger partial charge in [-0.2, -0.15) is 0 Å². The number of anilines is 6. The Bertz CT molecular complexity index is 3010. The zero-order chi connectivity index (χ0) is 45.2. The van der Waals surface area contributed by atoms with E-state index in [9.17, 15) is 0 Å². The predicted octanol–water partition coefficient (Wildman–Crippen LogP) is 16.3. The number of fused-ring (bicyclic) bond motifs is 3. The van der Waals surface area contributed by atoms with Gasteiger partial charge in [-0.15, -0.1) is 0 Å². The first-order chi connectivity index (χ1) is 33.1. The fourth-order valence-corrected chi connectivity index (χ4v) is 10.0. The molecule has 4 heteroatoms. The molecule has 1 aliphatic carbocycles. The van der Waals surface area contributed by atoms with E-state index < -0.39 is 5.41 Å². The van der Waals surface area contributed by atoms with E-state index in [0.717, 1.165) is 101 Å². The first-order valence-electron chi connectivity index (χ1n) is 22.7. The van der Waals surface area contributed by atoms with Crippen LogP contribution in [-0.4, -0.2) is 14.2 Å². The van der Waals surface area contributed by atoms with Crippen molar-refractivity contribution < 1.29 is 9.47 Å². The van der Waals surface area contributed by atoms with Gasteiger partial charge in [0.15, 0.2) is 0 Å². The summed E-state index contributed by atoms with van der Waals surface area (Å²) >= 11 is 0. The van der Waals surface area contributed by atoms with Gasteiger partial charge < -0.3 is 19.3 Å². The minimum Gasteiger partial charge on any atom is -0.497 e. The molecule has 4 nitrogen and oxygen atoms in total. The average molecular weight is 865 g/mol. The summed E-state index contributed by atoms with van der Waals surface area (Å²) in [6.45, 7) is 0. The van der Waals surface area contributed by atoms with Crippen molar-refractivity contribution in [2.75, 3.05) is 24.0 Å². The molecule has 0 spiro atoms. The highest BCUT2D eigenvalue weighted by molar-refractivity contribution is 5.91. The fourth-order valence-electron chi connectivity index (χ4n) is 10.0. The van der Waals surface area contributed by atoms with Crippen LogP contribution in [-0.2, 0) is 5.41 Å². The second kappa shape index (κ2) is 17.8. The number of hydrogen-bond acceptors (Lipinski definition) is 4. The molecule has 0 aliphatic heterocycles. The summed E-state index contributed by atoms with van der Waals surface area (Å²) < 4.78 is 12.3.